The van der Waals surface area contributed by atoms with Crippen LogP contribution in [0.2, 0.25) is 0 Å². The normalized spacial score (nSPS) is 24.4. The van der Waals surface area contributed by atoms with E-state index in [4.69, 9.17) is 10.5 Å². The van der Waals surface area contributed by atoms with Gasteiger partial charge in [0.25, 0.3) is 0 Å². The molecule has 0 amide bonds. The highest BCUT2D eigenvalue weighted by Crippen LogP contribution is 2.48. The number of aromatic hydroxyl groups is 1. The van der Waals surface area contributed by atoms with Crippen molar-refractivity contribution in [3.05, 3.63) is 29.3 Å². The molecule has 0 unspecified atom stereocenters. The molecule has 1 aromatic rings. The van der Waals surface area contributed by atoms with Crippen molar-refractivity contribution in [1.29, 1.82) is 0 Å². The van der Waals surface area contributed by atoms with Crippen LogP contribution in [0.3, 0.4) is 0 Å². The summed E-state index contributed by atoms with van der Waals surface area (Å²) in [5.74, 6) is 0.793. The highest BCUT2D eigenvalue weighted by molar-refractivity contribution is 5.43. The first-order valence-electron chi connectivity index (χ1n) is 7.73. The van der Waals surface area contributed by atoms with E-state index in [0.29, 0.717) is 24.8 Å². The van der Waals surface area contributed by atoms with Crippen molar-refractivity contribution in [3.8, 4) is 5.75 Å². The number of nitrogens with two attached hydrogens (primary N) is 1. The molecule has 0 saturated heterocycles. The number of phenols is 1. The zero-order chi connectivity index (χ0) is 14.8. The van der Waals surface area contributed by atoms with Crippen LogP contribution in [-0.4, -0.2) is 24.4 Å². The Labute approximate surface area is 122 Å². The molecule has 3 heteroatoms. The van der Waals surface area contributed by atoms with Crippen molar-refractivity contribution in [2.45, 2.75) is 51.6 Å². The molecule has 1 aliphatic carbocycles. The van der Waals surface area contributed by atoms with Crippen molar-refractivity contribution in [1.82, 2.24) is 0 Å². The van der Waals surface area contributed by atoms with E-state index >= 15 is 0 Å². The van der Waals surface area contributed by atoms with Crippen molar-refractivity contribution in [2.24, 2.45) is 11.7 Å². The second-order valence-corrected chi connectivity index (χ2v) is 5.90. The lowest BCUT2D eigenvalue weighted by atomic mass is 9.60. The summed E-state index contributed by atoms with van der Waals surface area (Å²) >= 11 is 0. The zero-order valence-electron chi connectivity index (χ0n) is 12.9. The lowest BCUT2D eigenvalue weighted by Gasteiger charge is -2.47. The molecule has 0 fully saturated rings. The summed E-state index contributed by atoms with van der Waals surface area (Å²) in [6, 6.07) is 5.79. The summed E-state index contributed by atoms with van der Waals surface area (Å²) in [7, 11) is 0. The molecule has 3 nitrogen and oxygen atoms in total. The Kier molecular flexibility index (Phi) is 4.71. The number of phenolic OH excluding ortho intramolecular Hbond substituents is 1. The second-order valence-electron chi connectivity index (χ2n) is 5.90. The predicted molar refractivity (Wildman–Crippen MR) is 82.0 cm³/mol. The summed E-state index contributed by atoms with van der Waals surface area (Å²) < 4.78 is 6.00. The summed E-state index contributed by atoms with van der Waals surface area (Å²) in [6.07, 6.45) is 3.25. The molecular weight excluding hydrogens is 250 g/mol. The number of fused-ring (bicyclic) bond motifs is 1. The average molecular weight is 277 g/mol. The number of benzene rings is 1. The Bertz CT molecular complexity index is 454. The van der Waals surface area contributed by atoms with Gasteiger partial charge in [0.05, 0.1) is 12.7 Å². The minimum absolute atomic E-state index is 0.0889. The lowest BCUT2D eigenvalue weighted by molar-refractivity contribution is -0.0169. The predicted octanol–water partition coefficient (Wildman–Crippen LogP) is 2.99. The highest BCUT2D eigenvalue weighted by atomic mass is 16.5. The van der Waals surface area contributed by atoms with Gasteiger partial charge in [-0.3, -0.25) is 0 Å². The van der Waals surface area contributed by atoms with Gasteiger partial charge in [0, 0.05) is 12.0 Å². The lowest BCUT2D eigenvalue weighted by Crippen LogP contribution is -2.46. The first-order chi connectivity index (χ1) is 9.58. The highest BCUT2D eigenvalue weighted by Gasteiger charge is 2.44. The standard InChI is InChI=1S/C17H27NO2/c1-4-17(5-2)12(3)16(20-9-8-18)10-13-6-7-14(19)11-15(13)17/h6-7,11-12,16,19H,4-5,8-10,18H2,1-3H3/t12-,16+/m0/s1. The Morgan fingerprint density at radius 3 is 2.65 bits per heavy atom. The third-order valence-corrected chi connectivity index (χ3v) is 5.19. The van der Waals surface area contributed by atoms with Crippen LogP contribution in [0, 0.1) is 5.92 Å². The number of hydrogen-bond donors (Lipinski definition) is 2. The van der Waals surface area contributed by atoms with Crippen molar-refractivity contribution >= 4 is 0 Å². The van der Waals surface area contributed by atoms with Crippen molar-refractivity contribution < 1.29 is 9.84 Å². The topological polar surface area (TPSA) is 55.5 Å². The molecule has 1 aliphatic rings. The van der Waals surface area contributed by atoms with E-state index < -0.39 is 0 Å². The van der Waals surface area contributed by atoms with Crippen LogP contribution in [0.4, 0.5) is 0 Å². The third-order valence-electron chi connectivity index (χ3n) is 5.19. The molecule has 0 bridgehead atoms. The van der Waals surface area contributed by atoms with Gasteiger partial charge in [-0.05, 0) is 48.4 Å². The number of rotatable bonds is 5. The van der Waals surface area contributed by atoms with Crippen molar-refractivity contribution in [2.75, 3.05) is 13.2 Å². The number of hydrogen-bond acceptors (Lipinski definition) is 3. The smallest absolute Gasteiger partial charge is 0.115 e. The summed E-state index contributed by atoms with van der Waals surface area (Å²) in [5, 5.41) is 9.86. The molecule has 0 saturated carbocycles. The zero-order valence-corrected chi connectivity index (χ0v) is 12.9. The van der Waals surface area contributed by atoms with Gasteiger partial charge < -0.3 is 15.6 Å². The largest absolute Gasteiger partial charge is 0.508 e. The number of ether oxygens (including phenoxy) is 1. The van der Waals surface area contributed by atoms with E-state index in [1.54, 1.807) is 6.07 Å². The Balaban J connectivity index is 2.45. The maximum atomic E-state index is 9.86. The quantitative estimate of drug-likeness (QED) is 0.870. The average Bonchev–Trinajstić information content (AvgIpc) is 2.46. The molecule has 0 radical (unpaired) electrons. The first kappa shape index (κ1) is 15.3. The van der Waals surface area contributed by atoms with E-state index in [1.807, 2.05) is 6.07 Å². The molecule has 20 heavy (non-hydrogen) atoms. The fourth-order valence-electron chi connectivity index (χ4n) is 3.90. The summed E-state index contributed by atoms with van der Waals surface area (Å²) in [6.45, 7) is 7.93. The molecule has 2 atom stereocenters. The first-order valence-corrected chi connectivity index (χ1v) is 7.73. The van der Waals surface area contributed by atoms with E-state index in [0.717, 1.165) is 19.3 Å². The molecular formula is C17H27NO2. The van der Waals surface area contributed by atoms with Crippen LogP contribution in [0.25, 0.3) is 0 Å². The van der Waals surface area contributed by atoms with Gasteiger partial charge in [0.2, 0.25) is 0 Å². The summed E-state index contributed by atoms with van der Waals surface area (Å²) in [5.41, 5.74) is 8.29. The second kappa shape index (κ2) is 6.15. The SMILES string of the molecule is CCC1(CC)c2cc(O)ccc2C[C@@H](OCCN)[C@@H]1C. The molecule has 0 aromatic heterocycles. The molecule has 1 aromatic carbocycles. The van der Waals surface area contributed by atoms with Crippen LogP contribution in [0.5, 0.6) is 5.75 Å². The van der Waals surface area contributed by atoms with E-state index in [-0.39, 0.29) is 11.5 Å². The van der Waals surface area contributed by atoms with Crippen LogP contribution < -0.4 is 5.73 Å². The molecule has 3 N–H and O–H groups in total. The van der Waals surface area contributed by atoms with Crippen LogP contribution in [0.15, 0.2) is 18.2 Å². The monoisotopic (exact) mass is 277 g/mol. The van der Waals surface area contributed by atoms with Crippen molar-refractivity contribution in [3.63, 3.8) is 0 Å². The Hall–Kier alpha value is -1.06. The van der Waals surface area contributed by atoms with Gasteiger partial charge in [-0.1, -0.05) is 26.8 Å². The van der Waals surface area contributed by atoms with Gasteiger partial charge >= 0.3 is 0 Å². The molecule has 0 spiro atoms. The minimum Gasteiger partial charge on any atom is -0.508 e. The van der Waals surface area contributed by atoms with Gasteiger partial charge in [0.1, 0.15) is 5.75 Å². The molecule has 2 rings (SSSR count). The third kappa shape index (κ3) is 2.45. The fourth-order valence-corrected chi connectivity index (χ4v) is 3.90. The van der Waals surface area contributed by atoms with Gasteiger partial charge in [-0.25, -0.2) is 0 Å². The fraction of sp³-hybridized carbons (Fsp3) is 0.647. The Morgan fingerprint density at radius 1 is 1.35 bits per heavy atom. The van der Waals surface area contributed by atoms with E-state index in [9.17, 15) is 5.11 Å². The Morgan fingerprint density at radius 2 is 2.05 bits per heavy atom. The minimum atomic E-state index is 0.0889. The van der Waals surface area contributed by atoms with Crippen LogP contribution in [-0.2, 0) is 16.6 Å². The van der Waals surface area contributed by atoms with E-state index in [2.05, 4.69) is 26.8 Å². The molecule has 0 aliphatic heterocycles. The van der Waals surface area contributed by atoms with Gasteiger partial charge in [-0.2, -0.15) is 0 Å². The summed E-state index contributed by atoms with van der Waals surface area (Å²) in [4.78, 5) is 0. The van der Waals surface area contributed by atoms with Gasteiger partial charge in [-0.15, -0.1) is 0 Å². The maximum Gasteiger partial charge on any atom is 0.115 e. The van der Waals surface area contributed by atoms with E-state index in [1.165, 1.54) is 11.1 Å². The van der Waals surface area contributed by atoms with Crippen LogP contribution in [0.1, 0.15) is 44.7 Å². The van der Waals surface area contributed by atoms with Gasteiger partial charge in [0.15, 0.2) is 0 Å². The van der Waals surface area contributed by atoms with Crippen LogP contribution >= 0.6 is 0 Å². The molecule has 112 valence electrons. The molecule has 0 heterocycles. The maximum absolute atomic E-state index is 9.86.